The largest absolute Gasteiger partial charge is 0.327 e. The average Bonchev–Trinajstić information content (AvgIpc) is 2.94. The van der Waals surface area contributed by atoms with Crippen molar-refractivity contribution in [2.45, 2.75) is 63.5 Å². The van der Waals surface area contributed by atoms with E-state index in [0.717, 1.165) is 44.9 Å². The van der Waals surface area contributed by atoms with E-state index in [1.165, 1.54) is 6.42 Å². The molecule has 2 N–H and O–H groups in total. The number of rotatable bonds is 3. The van der Waals surface area contributed by atoms with E-state index in [1.54, 1.807) is 15.7 Å². The first-order valence-corrected chi connectivity index (χ1v) is 9.88. The molecule has 3 atom stereocenters. The summed E-state index contributed by atoms with van der Waals surface area (Å²) < 4.78 is 29.1. The summed E-state index contributed by atoms with van der Waals surface area (Å²) in [6.07, 6.45) is 8.90. The lowest BCUT2D eigenvalue weighted by Crippen LogP contribution is -2.46. The van der Waals surface area contributed by atoms with Crippen LogP contribution in [0.25, 0.3) is 0 Å². The van der Waals surface area contributed by atoms with Crippen molar-refractivity contribution in [1.29, 1.82) is 0 Å². The van der Waals surface area contributed by atoms with E-state index in [4.69, 9.17) is 5.73 Å². The summed E-state index contributed by atoms with van der Waals surface area (Å²) in [5.41, 5.74) is 6.21. The lowest BCUT2D eigenvalue weighted by Gasteiger charge is -2.33. The lowest BCUT2D eigenvalue weighted by atomic mass is 9.78. The first-order chi connectivity index (χ1) is 10.00. The topological polar surface area (TPSA) is 66.6 Å². The number of halogens is 1. The highest BCUT2D eigenvalue weighted by Crippen LogP contribution is 2.37. The molecule has 1 heterocycles. The lowest BCUT2D eigenvalue weighted by molar-refractivity contribution is 0.259. The third kappa shape index (κ3) is 3.46. The van der Waals surface area contributed by atoms with Gasteiger partial charge in [0.2, 0.25) is 0 Å². The summed E-state index contributed by atoms with van der Waals surface area (Å²) in [5.74, 6) is 0.844. The van der Waals surface area contributed by atoms with Gasteiger partial charge in [-0.3, -0.25) is 0 Å². The smallest absolute Gasteiger partial charge is 0.281 e. The predicted molar refractivity (Wildman–Crippen MR) is 91.2 cm³/mol. The van der Waals surface area contributed by atoms with Crippen LogP contribution in [0.4, 0.5) is 0 Å². The molecule has 5 nitrogen and oxygen atoms in total. The van der Waals surface area contributed by atoms with E-state index in [2.05, 4.69) is 0 Å². The molecule has 3 rings (SSSR count). The Labute approximate surface area is 141 Å². The highest BCUT2D eigenvalue weighted by atomic mass is 35.5. The van der Waals surface area contributed by atoms with Crippen LogP contribution in [0.5, 0.6) is 0 Å². The first kappa shape index (κ1) is 18.5. The van der Waals surface area contributed by atoms with E-state index in [9.17, 15) is 8.42 Å². The number of nitrogens with two attached hydrogens (primary N) is 1. The number of hydrogen-bond donors (Lipinski definition) is 1. The molecule has 3 unspecified atom stereocenters. The average molecular weight is 352 g/mol. The standard InChI is InChI=1S/C15H29N3O2S.ClH/c1-17(13-7-3-2-4-8-13)21(19,20)18-10-12-6-5-9-15(16)14(12)11-18;/h12-15H,2-11,16H2,1H3;1H. The van der Waals surface area contributed by atoms with Gasteiger partial charge in [0.1, 0.15) is 0 Å². The number of hydrogen-bond acceptors (Lipinski definition) is 3. The van der Waals surface area contributed by atoms with Gasteiger partial charge in [0.15, 0.2) is 0 Å². The minimum Gasteiger partial charge on any atom is -0.327 e. The highest BCUT2D eigenvalue weighted by Gasteiger charge is 2.44. The summed E-state index contributed by atoms with van der Waals surface area (Å²) in [6.45, 7) is 1.31. The fourth-order valence-electron chi connectivity index (χ4n) is 4.48. The molecule has 3 aliphatic rings. The van der Waals surface area contributed by atoms with Crippen LogP contribution in [0.2, 0.25) is 0 Å². The molecule has 1 saturated heterocycles. The molecule has 0 aromatic heterocycles. The van der Waals surface area contributed by atoms with Gasteiger partial charge in [-0.2, -0.15) is 17.0 Å². The Morgan fingerprint density at radius 2 is 1.68 bits per heavy atom. The molecule has 22 heavy (non-hydrogen) atoms. The van der Waals surface area contributed by atoms with Gasteiger partial charge < -0.3 is 5.73 Å². The Balaban J connectivity index is 0.00000176. The van der Waals surface area contributed by atoms with Crippen molar-refractivity contribution in [3.05, 3.63) is 0 Å². The fourth-order valence-corrected chi connectivity index (χ4v) is 6.17. The van der Waals surface area contributed by atoms with Crippen LogP contribution in [0.1, 0.15) is 51.4 Å². The summed E-state index contributed by atoms with van der Waals surface area (Å²) in [5, 5.41) is 0. The van der Waals surface area contributed by atoms with Gasteiger partial charge in [-0.25, -0.2) is 0 Å². The highest BCUT2D eigenvalue weighted by molar-refractivity contribution is 7.86. The molecular weight excluding hydrogens is 322 g/mol. The zero-order valence-electron chi connectivity index (χ0n) is 13.5. The second-order valence-corrected chi connectivity index (χ2v) is 9.14. The summed E-state index contributed by atoms with van der Waals surface area (Å²) in [4.78, 5) is 0. The van der Waals surface area contributed by atoms with Crippen molar-refractivity contribution in [2.75, 3.05) is 20.1 Å². The maximum atomic E-state index is 12.9. The maximum absolute atomic E-state index is 12.9. The van der Waals surface area contributed by atoms with Gasteiger partial charge in [-0.05, 0) is 37.5 Å². The second-order valence-electron chi connectivity index (χ2n) is 7.15. The molecule has 2 saturated carbocycles. The number of nitrogens with zero attached hydrogens (tertiary/aromatic N) is 2. The van der Waals surface area contributed by atoms with Crippen molar-refractivity contribution >= 4 is 22.6 Å². The van der Waals surface area contributed by atoms with E-state index in [-0.39, 0.29) is 24.5 Å². The SMILES string of the molecule is CN(C1CCCCC1)S(=O)(=O)N1CC2CCCC(N)C2C1.Cl. The zero-order chi connectivity index (χ0) is 15.0. The molecule has 130 valence electrons. The summed E-state index contributed by atoms with van der Waals surface area (Å²) in [7, 11) is -1.54. The minimum atomic E-state index is -3.31. The molecule has 7 heteroatoms. The Kier molecular flexibility index (Phi) is 6.16. The van der Waals surface area contributed by atoms with Crippen LogP contribution in [0.15, 0.2) is 0 Å². The molecule has 0 amide bonds. The van der Waals surface area contributed by atoms with Crippen LogP contribution in [0.3, 0.4) is 0 Å². The molecular formula is C15H30ClN3O2S. The van der Waals surface area contributed by atoms with Crippen molar-refractivity contribution in [1.82, 2.24) is 8.61 Å². The van der Waals surface area contributed by atoms with E-state index >= 15 is 0 Å². The van der Waals surface area contributed by atoms with Crippen LogP contribution >= 0.6 is 12.4 Å². The molecule has 0 radical (unpaired) electrons. The molecule has 0 aromatic rings. The van der Waals surface area contributed by atoms with Gasteiger partial charge in [0, 0.05) is 32.2 Å². The van der Waals surface area contributed by atoms with Gasteiger partial charge in [-0.15, -0.1) is 12.4 Å². The monoisotopic (exact) mass is 351 g/mol. The predicted octanol–water partition coefficient (Wildman–Crippen LogP) is 1.98. The molecule has 3 fully saturated rings. The van der Waals surface area contributed by atoms with E-state index < -0.39 is 10.2 Å². The summed E-state index contributed by atoms with van der Waals surface area (Å²) >= 11 is 0. The fraction of sp³-hybridized carbons (Fsp3) is 1.00. The minimum absolute atomic E-state index is 0. The van der Waals surface area contributed by atoms with Crippen LogP contribution in [0, 0.1) is 11.8 Å². The molecule has 0 spiro atoms. The Morgan fingerprint density at radius 1 is 1.00 bits per heavy atom. The van der Waals surface area contributed by atoms with Gasteiger partial charge in [0.25, 0.3) is 10.2 Å². The quantitative estimate of drug-likeness (QED) is 0.845. The van der Waals surface area contributed by atoms with Crippen molar-refractivity contribution in [3.63, 3.8) is 0 Å². The second kappa shape index (κ2) is 7.34. The normalized spacial score (nSPS) is 34.4. The summed E-state index contributed by atoms with van der Waals surface area (Å²) in [6, 6.07) is 0.379. The van der Waals surface area contributed by atoms with Crippen LogP contribution in [-0.4, -0.2) is 49.2 Å². The van der Waals surface area contributed by atoms with Gasteiger partial charge in [-0.1, -0.05) is 25.7 Å². The third-order valence-corrected chi connectivity index (χ3v) is 7.88. The Bertz CT molecular complexity index is 467. The third-order valence-electron chi connectivity index (χ3n) is 5.90. The Hall–Kier alpha value is 0.120. The number of fused-ring (bicyclic) bond motifs is 1. The van der Waals surface area contributed by atoms with Crippen LogP contribution < -0.4 is 5.73 Å². The van der Waals surface area contributed by atoms with E-state index in [1.807, 2.05) is 0 Å². The molecule has 2 aliphatic carbocycles. The Morgan fingerprint density at radius 3 is 2.32 bits per heavy atom. The van der Waals surface area contributed by atoms with Crippen molar-refractivity contribution < 1.29 is 8.42 Å². The van der Waals surface area contributed by atoms with Gasteiger partial charge in [0.05, 0.1) is 0 Å². The molecule has 0 bridgehead atoms. The van der Waals surface area contributed by atoms with E-state index in [0.29, 0.717) is 24.9 Å². The van der Waals surface area contributed by atoms with Gasteiger partial charge >= 0.3 is 0 Å². The molecule has 0 aromatic carbocycles. The van der Waals surface area contributed by atoms with Crippen molar-refractivity contribution in [3.8, 4) is 0 Å². The zero-order valence-corrected chi connectivity index (χ0v) is 15.1. The van der Waals surface area contributed by atoms with Crippen molar-refractivity contribution in [2.24, 2.45) is 17.6 Å². The first-order valence-electron chi connectivity index (χ1n) is 8.49. The van der Waals surface area contributed by atoms with Crippen LogP contribution in [-0.2, 0) is 10.2 Å². The maximum Gasteiger partial charge on any atom is 0.281 e. The molecule has 1 aliphatic heterocycles.